The number of amides is 1. The van der Waals surface area contributed by atoms with Gasteiger partial charge in [-0.2, -0.15) is 0 Å². The number of hydrogen-bond acceptors (Lipinski definition) is 4. The minimum absolute atomic E-state index is 0.170. The number of aryl methyl sites for hydroxylation is 1. The van der Waals surface area contributed by atoms with Gasteiger partial charge in [-0.25, -0.2) is 0 Å². The fourth-order valence-electron chi connectivity index (χ4n) is 1.69. The van der Waals surface area contributed by atoms with Gasteiger partial charge in [-0.15, -0.1) is 22.8 Å². The van der Waals surface area contributed by atoms with Gasteiger partial charge < -0.3 is 9.88 Å². The van der Waals surface area contributed by atoms with E-state index in [1.54, 1.807) is 23.0 Å². The van der Waals surface area contributed by atoms with Crippen LogP contribution in [0.4, 0.5) is 0 Å². The van der Waals surface area contributed by atoms with Gasteiger partial charge >= 0.3 is 0 Å². The molecule has 1 amide bonds. The first-order valence-electron chi connectivity index (χ1n) is 5.52. The van der Waals surface area contributed by atoms with E-state index in [2.05, 4.69) is 28.1 Å². The fourth-order valence-corrected chi connectivity index (χ4v) is 1.95. The summed E-state index contributed by atoms with van der Waals surface area (Å²) >= 11 is 4.26. The summed E-state index contributed by atoms with van der Waals surface area (Å²) in [6, 6.07) is 6.96. The van der Waals surface area contributed by atoms with Gasteiger partial charge in [0.25, 0.3) is 5.91 Å². The van der Waals surface area contributed by atoms with Gasteiger partial charge in [-0.05, 0) is 19.1 Å². The molecule has 0 fully saturated rings. The molecule has 0 aliphatic rings. The molecule has 2 aromatic rings. The lowest BCUT2D eigenvalue weighted by Gasteiger charge is -2.13. The molecule has 0 aliphatic heterocycles. The summed E-state index contributed by atoms with van der Waals surface area (Å²) in [5, 5.41) is 10.6. The van der Waals surface area contributed by atoms with Crippen LogP contribution in [0, 0.1) is 0 Å². The molecular formula is C12H14N4OS. The highest BCUT2D eigenvalue weighted by Gasteiger charge is 2.16. The summed E-state index contributed by atoms with van der Waals surface area (Å²) in [5.74, 6) is 0.538. The second kappa shape index (κ2) is 5.22. The Bertz CT molecular complexity index is 567. The lowest BCUT2D eigenvalue weighted by molar-refractivity contribution is 0.0935. The van der Waals surface area contributed by atoms with Crippen LogP contribution in [-0.4, -0.2) is 20.7 Å². The van der Waals surface area contributed by atoms with Crippen LogP contribution in [0.25, 0.3) is 0 Å². The summed E-state index contributed by atoms with van der Waals surface area (Å²) in [6.45, 7) is 1.86. The first kappa shape index (κ1) is 12.6. The van der Waals surface area contributed by atoms with Gasteiger partial charge in [0.1, 0.15) is 6.33 Å². The third-order valence-corrected chi connectivity index (χ3v) is 3.02. The lowest BCUT2D eigenvalue weighted by atomic mass is 10.2. The highest BCUT2D eigenvalue weighted by Crippen LogP contribution is 2.15. The van der Waals surface area contributed by atoms with Gasteiger partial charge in [0.2, 0.25) is 0 Å². The molecule has 0 radical (unpaired) electrons. The van der Waals surface area contributed by atoms with Crippen molar-refractivity contribution in [3.8, 4) is 0 Å². The second-order valence-electron chi connectivity index (χ2n) is 4.01. The Morgan fingerprint density at radius 1 is 1.44 bits per heavy atom. The van der Waals surface area contributed by atoms with Crippen molar-refractivity contribution in [2.75, 3.05) is 0 Å². The number of carbonyl (C=O) groups excluding carboxylic acids is 1. The van der Waals surface area contributed by atoms with E-state index in [1.165, 1.54) is 0 Å². The third kappa shape index (κ3) is 2.53. The molecule has 0 spiro atoms. The minimum atomic E-state index is -0.210. The van der Waals surface area contributed by atoms with Crippen molar-refractivity contribution in [1.29, 1.82) is 0 Å². The van der Waals surface area contributed by atoms with E-state index in [0.717, 1.165) is 0 Å². The highest BCUT2D eigenvalue weighted by molar-refractivity contribution is 7.80. The average molecular weight is 262 g/mol. The predicted octanol–water partition coefficient (Wildman–Crippen LogP) is 1.59. The van der Waals surface area contributed by atoms with Crippen LogP contribution in [-0.2, 0) is 7.05 Å². The molecule has 6 heteroatoms. The van der Waals surface area contributed by atoms with E-state index < -0.39 is 0 Å². The normalized spacial score (nSPS) is 12.2. The molecule has 1 N–H and O–H groups in total. The maximum Gasteiger partial charge on any atom is 0.252 e. The maximum absolute atomic E-state index is 12.1. The van der Waals surface area contributed by atoms with E-state index >= 15 is 0 Å². The molecule has 0 bridgehead atoms. The molecule has 1 unspecified atom stereocenters. The molecule has 1 heterocycles. The fraction of sp³-hybridized carbons (Fsp3) is 0.250. The number of carbonyl (C=O) groups is 1. The summed E-state index contributed by atoms with van der Waals surface area (Å²) in [4.78, 5) is 12.7. The number of thiol groups is 1. The monoisotopic (exact) mass is 262 g/mol. The molecule has 1 aromatic carbocycles. The van der Waals surface area contributed by atoms with Gasteiger partial charge in [0, 0.05) is 11.9 Å². The van der Waals surface area contributed by atoms with E-state index in [0.29, 0.717) is 16.3 Å². The van der Waals surface area contributed by atoms with Crippen molar-refractivity contribution < 1.29 is 4.79 Å². The molecular weight excluding hydrogens is 248 g/mol. The summed E-state index contributed by atoms with van der Waals surface area (Å²) < 4.78 is 1.78. The van der Waals surface area contributed by atoms with Crippen molar-refractivity contribution in [2.45, 2.75) is 17.9 Å². The topological polar surface area (TPSA) is 59.8 Å². The van der Waals surface area contributed by atoms with Gasteiger partial charge in [-0.3, -0.25) is 4.79 Å². The Morgan fingerprint density at radius 3 is 2.78 bits per heavy atom. The number of hydrogen-bond donors (Lipinski definition) is 2. The molecule has 0 saturated heterocycles. The second-order valence-corrected chi connectivity index (χ2v) is 4.49. The van der Waals surface area contributed by atoms with Crippen LogP contribution in [0.3, 0.4) is 0 Å². The largest absolute Gasteiger partial charge is 0.342 e. The zero-order valence-corrected chi connectivity index (χ0v) is 11.1. The molecule has 5 nitrogen and oxygen atoms in total. The van der Waals surface area contributed by atoms with Crippen LogP contribution in [0.1, 0.15) is 29.1 Å². The first-order valence-corrected chi connectivity index (χ1v) is 5.97. The maximum atomic E-state index is 12.1. The Balaban J connectivity index is 2.13. The zero-order chi connectivity index (χ0) is 13.1. The molecule has 1 aromatic heterocycles. The van der Waals surface area contributed by atoms with Crippen molar-refractivity contribution >= 4 is 18.5 Å². The van der Waals surface area contributed by atoms with Crippen LogP contribution in [0.5, 0.6) is 0 Å². The molecule has 94 valence electrons. The number of benzene rings is 1. The molecule has 0 saturated carbocycles. The van der Waals surface area contributed by atoms with Gasteiger partial charge in [0.05, 0.1) is 11.6 Å². The van der Waals surface area contributed by atoms with Crippen LogP contribution >= 0.6 is 12.6 Å². The van der Waals surface area contributed by atoms with Crippen molar-refractivity contribution in [3.05, 3.63) is 42.0 Å². The lowest BCUT2D eigenvalue weighted by Crippen LogP contribution is -2.28. The minimum Gasteiger partial charge on any atom is -0.342 e. The molecule has 18 heavy (non-hydrogen) atoms. The summed E-state index contributed by atoms with van der Waals surface area (Å²) in [7, 11) is 1.84. The van der Waals surface area contributed by atoms with E-state index in [1.807, 2.05) is 26.1 Å². The van der Waals surface area contributed by atoms with Crippen LogP contribution in [0.15, 0.2) is 35.5 Å². The van der Waals surface area contributed by atoms with Crippen LogP contribution < -0.4 is 5.32 Å². The van der Waals surface area contributed by atoms with E-state index in [9.17, 15) is 4.79 Å². The Labute approximate surface area is 111 Å². The Kier molecular flexibility index (Phi) is 3.66. The van der Waals surface area contributed by atoms with E-state index in [4.69, 9.17) is 0 Å². The zero-order valence-electron chi connectivity index (χ0n) is 10.2. The van der Waals surface area contributed by atoms with Gasteiger partial charge in [-0.1, -0.05) is 12.1 Å². The highest BCUT2D eigenvalue weighted by atomic mass is 32.1. The van der Waals surface area contributed by atoms with Gasteiger partial charge in [0.15, 0.2) is 5.82 Å². The van der Waals surface area contributed by atoms with Crippen LogP contribution in [0.2, 0.25) is 0 Å². The molecule has 2 rings (SSSR count). The quantitative estimate of drug-likeness (QED) is 0.826. The smallest absolute Gasteiger partial charge is 0.252 e. The number of rotatable bonds is 3. The van der Waals surface area contributed by atoms with E-state index in [-0.39, 0.29) is 11.9 Å². The Hall–Kier alpha value is -1.82. The average Bonchev–Trinajstić information content (AvgIpc) is 2.76. The van der Waals surface area contributed by atoms with Crippen molar-refractivity contribution in [3.63, 3.8) is 0 Å². The standard InChI is InChI=1S/C12H14N4OS/c1-8(11-15-13-7-16(11)2)14-12(17)9-5-3-4-6-10(9)18/h3-8,18H,1-2H3,(H,14,17). The Morgan fingerprint density at radius 2 is 2.17 bits per heavy atom. The summed E-state index contributed by atoms with van der Waals surface area (Å²) in [5.41, 5.74) is 0.551. The third-order valence-electron chi connectivity index (χ3n) is 2.63. The SMILES string of the molecule is CC(NC(=O)c1ccccc1S)c1nncn1C. The first-order chi connectivity index (χ1) is 8.59. The predicted molar refractivity (Wildman–Crippen MR) is 70.6 cm³/mol. The van der Waals surface area contributed by atoms with Crippen molar-refractivity contribution in [2.24, 2.45) is 7.05 Å². The number of nitrogens with zero attached hydrogens (tertiary/aromatic N) is 3. The number of aromatic nitrogens is 3. The number of nitrogens with one attached hydrogen (secondary N) is 1. The molecule has 0 aliphatic carbocycles. The molecule has 1 atom stereocenters. The summed E-state index contributed by atoms with van der Waals surface area (Å²) in [6.07, 6.45) is 1.60. The van der Waals surface area contributed by atoms with Crippen molar-refractivity contribution in [1.82, 2.24) is 20.1 Å².